The minimum absolute atomic E-state index is 0.00536. The Kier molecular flexibility index (Phi) is 11.0. The van der Waals surface area contributed by atoms with Gasteiger partial charge < -0.3 is 23.0 Å². The lowest BCUT2D eigenvalue weighted by molar-refractivity contribution is -0.130. The molecule has 5 aromatic rings. The second kappa shape index (κ2) is 16.3. The number of hydrogen-bond acceptors (Lipinski definition) is 9. The van der Waals surface area contributed by atoms with E-state index in [4.69, 9.17) is 23.0 Å². The number of unbranched alkanes of at least 4 members (excludes halogenated alkanes) is 1. The van der Waals surface area contributed by atoms with Crippen LogP contribution in [-0.4, -0.2) is 39.6 Å². The largest absolute Gasteiger partial charge is 0.490 e. The first-order valence-corrected chi connectivity index (χ1v) is 16.3. The number of cyclic esters (lactones) is 1. The van der Waals surface area contributed by atoms with Crippen molar-refractivity contribution in [1.82, 2.24) is 14.9 Å². The number of oxazole rings is 2. The van der Waals surface area contributed by atoms with E-state index in [1.165, 1.54) is 6.26 Å². The van der Waals surface area contributed by atoms with Crippen LogP contribution in [0.5, 0.6) is 11.5 Å². The van der Waals surface area contributed by atoms with Crippen LogP contribution < -0.4 is 9.47 Å². The summed E-state index contributed by atoms with van der Waals surface area (Å²) in [5, 5.41) is 0. The van der Waals surface area contributed by atoms with Gasteiger partial charge in [-0.3, -0.25) is 4.79 Å². The number of aryl methyl sites for hydroxylation is 1. The van der Waals surface area contributed by atoms with Gasteiger partial charge in [-0.2, -0.15) is 0 Å². The number of amides is 2. The van der Waals surface area contributed by atoms with E-state index >= 15 is 0 Å². The number of benzene rings is 3. The summed E-state index contributed by atoms with van der Waals surface area (Å²) in [6.07, 6.45) is 11.6. The molecule has 0 bridgehead atoms. The van der Waals surface area contributed by atoms with Crippen LogP contribution in [0.15, 0.2) is 100 Å². The molecule has 0 spiro atoms. The van der Waals surface area contributed by atoms with Gasteiger partial charge in [0.15, 0.2) is 17.6 Å². The lowest BCUT2D eigenvalue weighted by atomic mass is 10.0. The second-order valence-electron chi connectivity index (χ2n) is 11.4. The summed E-state index contributed by atoms with van der Waals surface area (Å²) in [5.41, 5.74) is 4.28. The summed E-state index contributed by atoms with van der Waals surface area (Å²) in [6.45, 7) is 2.64. The lowest BCUT2D eigenvalue weighted by Crippen LogP contribution is -2.31. The molecule has 3 aromatic carbocycles. The Hall–Kier alpha value is -5.90. The summed E-state index contributed by atoms with van der Waals surface area (Å²) in [6, 6.07) is 25.6. The Morgan fingerprint density at radius 3 is 2.08 bits per heavy atom. The highest BCUT2D eigenvalue weighted by molar-refractivity contribution is 5.99. The number of carbonyl (C=O) groups excluding carboxylic acids is 2. The van der Waals surface area contributed by atoms with Crippen molar-refractivity contribution in [1.29, 1.82) is 0 Å². The van der Waals surface area contributed by atoms with Gasteiger partial charge >= 0.3 is 6.09 Å². The van der Waals surface area contributed by atoms with E-state index in [9.17, 15) is 9.59 Å². The first-order valence-electron chi connectivity index (χ1n) is 16.3. The molecule has 1 fully saturated rings. The van der Waals surface area contributed by atoms with Crippen molar-refractivity contribution < 1.29 is 32.6 Å². The van der Waals surface area contributed by atoms with E-state index < -0.39 is 12.2 Å². The van der Waals surface area contributed by atoms with Crippen molar-refractivity contribution in [2.75, 3.05) is 6.61 Å². The number of ether oxygens (including phenoxy) is 3. The molecule has 10 nitrogen and oxygen atoms in total. The molecule has 0 saturated carbocycles. The molecule has 3 heterocycles. The Morgan fingerprint density at radius 1 is 0.755 bits per heavy atom. The van der Waals surface area contributed by atoms with Gasteiger partial charge in [0.25, 0.3) is 5.91 Å². The van der Waals surface area contributed by atoms with Crippen LogP contribution in [0.25, 0.3) is 24.3 Å². The van der Waals surface area contributed by atoms with E-state index in [0.717, 1.165) is 34.4 Å². The van der Waals surface area contributed by atoms with Crippen LogP contribution in [-0.2, 0) is 29.1 Å². The SMILES string of the molecule is CCOc1cc(CCCCC2OC(=O)N(Cc3coc(/C=C/c4ccccc4)n3)C2=O)ccc1OCc1coc(/C=C/c2ccccc2)n1. The maximum atomic E-state index is 13.0. The number of carbonyl (C=O) groups is 2. The molecule has 0 radical (unpaired) electrons. The molecule has 10 heteroatoms. The predicted octanol–water partition coefficient (Wildman–Crippen LogP) is 8.24. The van der Waals surface area contributed by atoms with Crippen molar-refractivity contribution in [3.63, 3.8) is 0 Å². The molecule has 2 amide bonds. The number of nitrogens with zero attached hydrogens (tertiary/aromatic N) is 3. The van der Waals surface area contributed by atoms with Gasteiger partial charge in [-0.25, -0.2) is 19.7 Å². The van der Waals surface area contributed by atoms with Gasteiger partial charge in [0.2, 0.25) is 11.8 Å². The molecule has 2 aromatic heterocycles. The zero-order valence-electron chi connectivity index (χ0n) is 27.2. The maximum Gasteiger partial charge on any atom is 0.417 e. The third kappa shape index (κ3) is 9.13. The van der Waals surface area contributed by atoms with Crippen molar-refractivity contribution in [3.05, 3.63) is 131 Å². The van der Waals surface area contributed by atoms with Crippen LogP contribution in [0.2, 0.25) is 0 Å². The van der Waals surface area contributed by atoms with Gasteiger partial charge in [0.1, 0.15) is 24.8 Å². The van der Waals surface area contributed by atoms with E-state index in [1.807, 2.05) is 104 Å². The molecule has 0 N–H and O–H groups in total. The van der Waals surface area contributed by atoms with Crippen LogP contribution in [0, 0.1) is 0 Å². The van der Waals surface area contributed by atoms with E-state index in [2.05, 4.69) is 9.97 Å². The highest BCUT2D eigenvalue weighted by atomic mass is 16.6. The maximum absolute atomic E-state index is 13.0. The summed E-state index contributed by atoms with van der Waals surface area (Å²) in [4.78, 5) is 35.4. The first kappa shape index (κ1) is 33.0. The van der Waals surface area contributed by atoms with E-state index in [1.54, 1.807) is 12.3 Å². The third-order valence-corrected chi connectivity index (χ3v) is 7.77. The van der Waals surface area contributed by atoms with Crippen molar-refractivity contribution >= 4 is 36.3 Å². The highest BCUT2D eigenvalue weighted by Gasteiger charge is 2.40. The van der Waals surface area contributed by atoms with Gasteiger partial charge in [-0.15, -0.1) is 0 Å². The van der Waals surface area contributed by atoms with Gasteiger partial charge in [0.05, 0.1) is 18.8 Å². The van der Waals surface area contributed by atoms with Crippen molar-refractivity contribution in [2.45, 2.75) is 51.9 Å². The quantitative estimate of drug-likeness (QED) is 0.0965. The third-order valence-electron chi connectivity index (χ3n) is 7.77. The zero-order chi connectivity index (χ0) is 33.8. The molecular weight excluding hydrogens is 622 g/mol. The van der Waals surface area contributed by atoms with E-state index in [0.29, 0.717) is 54.1 Å². The van der Waals surface area contributed by atoms with Crippen molar-refractivity contribution in [2.24, 2.45) is 0 Å². The number of rotatable bonds is 16. The summed E-state index contributed by atoms with van der Waals surface area (Å²) in [5.74, 6) is 1.79. The average molecular weight is 660 g/mol. The van der Waals surface area contributed by atoms with E-state index in [-0.39, 0.29) is 19.1 Å². The Balaban J connectivity index is 0.952. The van der Waals surface area contributed by atoms with Crippen LogP contribution >= 0.6 is 0 Å². The number of hydrogen-bond donors (Lipinski definition) is 0. The molecule has 6 rings (SSSR count). The van der Waals surface area contributed by atoms with Gasteiger partial charge in [0, 0.05) is 12.2 Å². The number of imide groups is 1. The number of aromatic nitrogens is 2. The van der Waals surface area contributed by atoms with Crippen LogP contribution in [0.1, 0.15) is 66.0 Å². The van der Waals surface area contributed by atoms with Crippen molar-refractivity contribution in [3.8, 4) is 11.5 Å². The fraction of sp³-hybridized carbons (Fsp3) is 0.231. The standard InChI is InChI=1S/C39H37N3O7/c1-2-45-35-23-30(17-20-33(35)46-26-32-27-48-37(41-32)22-19-29-13-7-4-8-14-29)15-9-10-16-34-38(43)42(39(44)49-34)24-31-25-47-36(40-31)21-18-28-11-5-3-6-12-28/h3-8,11-14,17-23,25,27,34H,2,9-10,15-16,24,26H2,1H3/b21-18+,22-19+. The lowest BCUT2D eigenvalue weighted by Gasteiger charge is -2.13. The monoisotopic (exact) mass is 659 g/mol. The topological polar surface area (TPSA) is 117 Å². The molecule has 250 valence electrons. The average Bonchev–Trinajstić information content (AvgIpc) is 3.85. The minimum atomic E-state index is -0.808. The molecule has 49 heavy (non-hydrogen) atoms. The Bertz CT molecular complexity index is 1900. The fourth-order valence-electron chi connectivity index (χ4n) is 5.29. The first-order chi connectivity index (χ1) is 24.0. The summed E-state index contributed by atoms with van der Waals surface area (Å²) < 4.78 is 28.3. The smallest absolute Gasteiger partial charge is 0.417 e. The predicted molar refractivity (Wildman–Crippen MR) is 184 cm³/mol. The second-order valence-corrected chi connectivity index (χ2v) is 11.4. The van der Waals surface area contributed by atoms with Gasteiger partial charge in [-0.1, -0.05) is 66.7 Å². The minimum Gasteiger partial charge on any atom is -0.490 e. The molecule has 1 saturated heterocycles. The molecule has 0 aliphatic carbocycles. The Labute approximate surface area is 284 Å². The fourth-order valence-corrected chi connectivity index (χ4v) is 5.29. The summed E-state index contributed by atoms with van der Waals surface area (Å²) in [7, 11) is 0. The van der Waals surface area contributed by atoms with Gasteiger partial charge in [-0.05, 0) is 73.6 Å². The molecule has 1 unspecified atom stereocenters. The molecule has 1 atom stereocenters. The molecule has 1 aliphatic heterocycles. The molecular formula is C39H37N3O7. The highest BCUT2D eigenvalue weighted by Crippen LogP contribution is 2.30. The van der Waals surface area contributed by atoms with Crippen LogP contribution in [0.4, 0.5) is 4.79 Å². The Morgan fingerprint density at radius 2 is 1.41 bits per heavy atom. The molecule has 1 aliphatic rings. The zero-order valence-corrected chi connectivity index (χ0v) is 27.2. The normalized spacial score (nSPS) is 14.6. The van der Waals surface area contributed by atoms with Crippen LogP contribution in [0.3, 0.4) is 0 Å². The summed E-state index contributed by atoms with van der Waals surface area (Å²) >= 11 is 0.